The van der Waals surface area contributed by atoms with Crippen LogP contribution < -0.4 is 0 Å². The van der Waals surface area contributed by atoms with Gasteiger partial charge in [0.1, 0.15) is 0 Å². The molecule has 4 heteroatoms. The largest absolute Gasteiger partial charge is 0.465 e. The molecule has 84 valence electrons. The minimum absolute atomic E-state index is 0.102. The normalized spacial score (nSPS) is 14.0. The lowest BCUT2D eigenvalue weighted by atomic mass is 10.0. The number of rotatable bonds is 4. The van der Waals surface area contributed by atoms with Gasteiger partial charge in [0.15, 0.2) is 0 Å². The van der Waals surface area contributed by atoms with Gasteiger partial charge in [0.25, 0.3) is 0 Å². The van der Waals surface area contributed by atoms with Crippen LogP contribution in [-0.4, -0.2) is 30.9 Å². The minimum Gasteiger partial charge on any atom is -0.465 e. The van der Waals surface area contributed by atoms with Crippen molar-refractivity contribution < 1.29 is 14.3 Å². The van der Waals surface area contributed by atoms with Gasteiger partial charge in [-0.15, -0.1) is 9.24 Å². The van der Waals surface area contributed by atoms with Crippen LogP contribution in [0.2, 0.25) is 0 Å². The molecule has 0 N–H and O–H groups in total. The predicted molar refractivity (Wildman–Crippen MR) is 60.5 cm³/mol. The van der Waals surface area contributed by atoms with Gasteiger partial charge in [-0.3, -0.25) is 4.79 Å². The van der Waals surface area contributed by atoms with Crippen LogP contribution in [0, 0.1) is 0 Å². The molecule has 0 radical (unpaired) electrons. The van der Waals surface area contributed by atoms with Gasteiger partial charge in [-0.1, -0.05) is 13.8 Å². The molecule has 0 saturated carbocycles. The Labute approximate surface area is 88.7 Å². The summed E-state index contributed by atoms with van der Waals surface area (Å²) >= 11 is 0. The Morgan fingerprint density at radius 3 is 2.00 bits per heavy atom. The number of carbonyl (C=O) groups excluding carboxylic acids is 1. The fourth-order valence-electron chi connectivity index (χ4n) is 0.813. The van der Waals surface area contributed by atoms with E-state index in [1.165, 1.54) is 0 Å². The molecule has 1 heterocycles. The molecule has 0 aromatic heterocycles. The van der Waals surface area contributed by atoms with Gasteiger partial charge in [-0.25, -0.2) is 0 Å². The first-order chi connectivity index (χ1) is 6.60. The molecule has 0 amide bonds. The van der Waals surface area contributed by atoms with Gasteiger partial charge in [0.2, 0.25) is 0 Å². The Balaban J connectivity index is 0.000000469. The molecule has 3 nitrogen and oxygen atoms in total. The number of esters is 1. The molecule has 1 unspecified atom stereocenters. The third-order valence-corrected chi connectivity index (χ3v) is 3.20. The first kappa shape index (κ1) is 13.9. The van der Waals surface area contributed by atoms with Gasteiger partial charge in [-0.05, 0) is 19.8 Å². The van der Waals surface area contributed by atoms with Gasteiger partial charge >= 0.3 is 5.97 Å². The summed E-state index contributed by atoms with van der Waals surface area (Å²) in [5.74, 6) is -0.102. The van der Waals surface area contributed by atoms with E-state index in [0.717, 1.165) is 26.1 Å². The molecular formula is C10H21O3P. The highest BCUT2D eigenvalue weighted by Crippen LogP contribution is 2.27. The Kier molecular flexibility index (Phi) is 7.12. The average molecular weight is 220 g/mol. The molecule has 1 aliphatic rings. The molecule has 1 atom stereocenters. The quantitative estimate of drug-likeness (QED) is 0.413. The number of ether oxygens (including phenoxy) is 2. The fourth-order valence-corrected chi connectivity index (χ4v) is 0.897. The van der Waals surface area contributed by atoms with Crippen LogP contribution in [0.15, 0.2) is 0 Å². The molecule has 1 fully saturated rings. The molecular weight excluding hydrogens is 199 g/mol. The second kappa shape index (κ2) is 7.19. The third kappa shape index (κ3) is 5.56. The van der Waals surface area contributed by atoms with Crippen LogP contribution in [-0.2, 0) is 14.3 Å². The van der Waals surface area contributed by atoms with E-state index in [1.54, 1.807) is 0 Å². The van der Waals surface area contributed by atoms with Crippen molar-refractivity contribution in [2.75, 3.05) is 19.8 Å². The highest BCUT2D eigenvalue weighted by atomic mass is 31.0. The van der Waals surface area contributed by atoms with Crippen LogP contribution in [0.3, 0.4) is 0 Å². The van der Waals surface area contributed by atoms with Crippen molar-refractivity contribution in [3.05, 3.63) is 0 Å². The van der Waals surface area contributed by atoms with Crippen molar-refractivity contribution in [3.63, 3.8) is 0 Å². The Bertz CT molecular complexity index is 162. The van der Waals surface area contributed by atoms with Crippen molar-refractivity contribution in [1.29, 1.82) is 0 Å². The highest BCUT2D eigenvalue weighted by molar-refractivity contribution is 7.21. The summed E-state index contributed by atoms with van der Waals surface area (Å²) in [6, 6.07) is 0. The lowest BCUT2D eigenvalue weighted by Gasteiger charge is -2.23. The van der Waals surface area contributed by atoms with Gasteiger partial charge in [0, 0.05) is 0 Å². The van der Waals surface area contributed by atoms with E-state index in [1.807, 2.05) is 20.8 Å². The predicted octanol–water partition coefficient (Wildman–Crippen LogP) is 2.00. The van der Waals surface area contributed by atoms with Crippen molar-refractivity contribution in [2.24, 2.45) is 0 Å². The third-order valence-electron chi connectivity index (χ3n) is 2.15. The summed E-state index contributed by atoms with van der Waals surface area (Å²) in [6.07, 6.45) is 1.62. The maximum absolute atomic E-state index is 11.3. The second-order valence-electron chi connectivity index (χ2n) is 3.20. The molecule has 1 rings (SSSR count). The number of carbonyl (C=O) groups is 1. The lowest BCUT2D eigenvalue weighted by molar-refractivity contribution is -0.146. The minimum atomic E-state index is -0.351. The Morgan fingerprint density at radius 2 is 1.79 bits per heavy atom. The van der Waals surface area contributed by atoms with Gasteiger partial charge in [0.05, 0.1) is 25.0 Å². The standard InChI is InChI=1S/C8H17O2P.C2H4O/c1-4-8(11,5-2)7(9)10-6-3;1-2-3-1/h4-6,11H2,1-3H3;1-2H2. The van der Waals surface area contributed by atoms with Crippen molar-refractivity contribution in [1.82, 2.24) is 0 Å². The molecule has 1 saturated heterocycles. The first-order valence-electron chi connectivity index (χ1n) is 5.14. The van der Waals surface area contributed by atoms with Crippen LogP contribution in [0.25, 0.3) is 0 Å². The monoisotopic (exact) mass is 220 g/mol. The zero-order valence-corrected chi connectivity index (χ0v) is 10.5. The first-order valence-corrected chi connectivity index (χ1v) is 5.72. The zero-order chi connectivity index (χ0) is 11.0. The summed E-state index contributed by atoms with van der Waals surface area (Å²) in [5, 5.41) is -0.351. The molecule has 0 spiro atoms. The zero-order valence-electron chi connectivity index (χ0n) is 9.34. The van der Waals surface area contributed by atoms with E-state index in [-0.39, 0.29) is 11.1 Å². The number of epoxide rings is 1. The lowest BCUT2D eigenvalue weighted by Crippen LogP contribution is -2.32. The average Bonchev–Trinajstić information content (AvgIpc) is 3.04. The molecule has 0 aromatic carbocycles. The molecule has 0 bridgehead atoms. The van der Waals surface area contributed by atoms with Gasteiger partial charge in [-0.2, -0.15) is 0 Å². The van der Waals surface area contributed by atoms with E-state index < -0.39 is 0 Å². The second-order valence-corrected chi connectivity index (χ2v) is 4.30. The highest BCUT2D eigenvalue weighted by Gasteiger charge is 2.30. The summed E-state index contributed by atoms with van der Waals surface area (Å²) < 4.78 is 9.43. The fraction of sp³-hybridized carbons (Fsp3) is 0.900. The molecule has 14 heavy (non-hydrogen) atoms. The SMILES string of the molecule is C1CO1.CCOC(=O)C(P)(CC)CC. The Hall–Kier alpha value is -0.140. The van der Waals surface area contributed by atoms with Crippen molar-refractivity contribution >= 4 is 15.2 Å². The maximum Gasteiger partial charge on any atom is 0.315 e. The van der Waals surface area contributed by atoms with Crippen molar-refractivity contribution in [2.45, 2.75) is 38.8 Å². The van der Waals surface area contributed by atoms with E-state index >= 15 is 0 Å². The molecule has 0 aliphatic carbocycles. The Morgan fingerprint density at radius 1 is 1.36 bits per heavy atom. The maximum atomic E-state index is 11.3. The summed E-state index contributed by atoms with van der Waals surface area (Å²) in [6.45, 7) is 8.28. The molecule has 0 aromatic rings. The van der Waals surface area contributed by atoms with Gasteiger partial charge < -0.3 is 9.47 Å². The van der Waals surface area contributed by atoms with E-state index in [0.29, 0.717) is 6.61 Å². The van der Waals surface area contributed by atoms with Crippen LogP contribution in [0.5, 0.6) is 0 Å². The van der Waals surface area contributed by atoms with Crippen LogP contribution >= 0.6 is 9.24 Å². The smallest absolute Gasteiger partial charge is 0.315 e. The van der Waals surface area contributed by atoms with Crippen LogP contribution in [0.1, 0.15) is 33.6 Å². The topological polar surface area (TPSA) is 38.8 Å². The molecule has 1 aliphatic heterocycles. The number of hydrogen-bond acceptors (Lipinski definition) is 3. The number of hydrogen-bond donors (Lipinski definition) is 0. The van der Waals surface area contributed by atoms with Crippen LogP contribution in [0.4, 0.5) is 0 Å². The summed E-state index contributed by atoms with van der Waals surface area (Å²) in [4.78, 5) is 11.3. The van der Waals surface area contributed by atoms with E-state index in [9.17, 15) is 4.79 Å². The van der Waals surface area contributed by atoms with E-state index in [2.05, 4.69) is 14.0 Å². The van der Waals surface area contributed by atoms with E-state index in [4.69, 9.17) is 4.74 Å². The van der Waals surface area contributed by atoms with Crippen molar-refractivity contribution in [3.8, 4) is 0 Å². The summed E-state index contributed by atoms with van der Waals surface area (Å²) in [7, 11) is 2.58. The summed E-state index contributed by atoms with van der Waals surface area (Å²) in [5.41, 5.74) is 0.